The van der Waals surface area contributed by atoms with Gasteiger partial charge in [0.2, 0.25) is 0 Å². The summed E-state index contributed by atoms with van der Waals surface area (Å²) >= 11 is 0. The molecule has 1 heterocycles. The summed E-state index contributed by atoms with van der Waals surface area (Å²) in [4.78, 5) is 7.15. The van der Waals surface area contributed by atoms with E-state index in [1.54, 1.807) is 25.6 Å². The molecule has 14 heavy (non-hydrogen) atoms. The molecule has 3 N–H and O–H groups in total. The second kappa shape index (κ2) is 3.41. The summed E-state index contributed by atoms with van der Waals surface area (Å²) in [5.41, 5.74) is 7.26. The average Bonchev–Trinajstić information content (AvgIpc) is 2.70. The van der Waals surface area contributed by atoms with Crippen molar-refractivity contribution in [1.29, 1.82) is 0 Å². The molecule has 0 aliphatic heterocycles. The van der Waals surface area contributed by atoms with Gasteiger partial charge >= 0.3 is 0 Å². The van der Waals surface area contributed by atoms with E-state index in [0.717, 1.165) is 11.4 Å². The standard InChI is InChI=1S/C10H11N3O/c1-14-9-7(3-2-4-8(9)11)10-12-5-6-13-10/h2-6H,11H2,1H3,(H,12,13). The van der Waals surface area contributed by atoms with Crippen LogP contribution in [-0.2, 0) is 0 Å². The lowest BCUT2D eigenvalue weighted by atomic mass is 10.1. The van der Waals surface area contributed by atoms with Gasteiger partial charge in [-0.2, -0.15) is 0 Å². The van der Waals surface area contributed by atoms with Crippen molar-refractivity contribution in [3.8, 4) is 17.1 Å². The first-order valence-corrected chi connectivity index (χ1v) is 4.25. The topological polar surface area (TPSA) is 63.9 Å². The number of aromatic nitrogens is 2. The molecule has 0 atom stereocenters. The fourth-order valence-corrected chi connectivity index (χ4v) is 1.38. The van der Waals surface area contributed by atoms with E-state index in [4.69, 9.17) is 10.5 Å². The molecule has 4 heteroatoms. The first-order valence-electron chi connectivity index (χ1n) is 4.25. The number of imidazole rings is 1. The number of nitrogens with zero attached hydrogens (tertiary/aromatic N) is 1. The quantitative estimate of drug-likeness (QED) is 0.706. The summed E-state index contributed by atoms with van der Waals surface area (Å²) in [5.74, 6) is 1.41. The molecule has 2 aromatic rings. The number of ether oxygens (including phenoxy) is 1. The number of para-hydroxylation sites is 1. The zero-order valence-electron chi connectivity index (χ0n) is 7.82. The molecule has 72 valence electrons. The van der Waals surface area contributed by atoms with Crippen molar-refractivity contribution in [1.82, 2.24) is 9.97 Å². The van der Waals surface area contributed by atoms with Gasteiger partial charge in [0, 0.05) is 12.4 Å². The van der Waals surface area contributed by atoms with Gasteiger partial charge in [0.15, 0.2) is 5.75 Å². The minimum absolute atomic E-state index is 0.612. The predicted molar refractivity (Wildman–Crippen MR) is 55.0 cm³/mol. The highest BCUT2D eigenvalue weighted by molar-refractivity contribution is 5.73. The summed E-state index contributed by atoms with van der Waals surface area (Å²) in [5, 5.41) is 0. The fraction of sp³-hybridized carbons (Fsp3) is 0.100. The molecule has 1 aromatic heterocycles. The van der Waals surface area contributed by atoms with Crippen LogP contribution in [0, 0.1) is 0 Å². The van der Waals surface area contributed by atoms with Gasteiger partial charge in [0.05, 0.1) is 18.4 Å². The third kappa shape index (κ3) is 1.31. The lowest BCUT2D eigenvalue weighted by Crippen LogP contribution is -1.95. The van der Waals surface area contributed by atoms with E-state index in [9.17, 15) is 0 Å². The Bertz CT molecular complexity index is 423. The minimum Gasteiger partial charge on any atom is -0.494 e. The Labute approximate surface area is 81.7 Å². The number of benzene rings is 1. The number of nitrogens with one attached hydrogen (secondary N) is 1. The van der Waals surface area contributed by atoms with E-state index in [2.05, 4.69) is 9.97 Å². The molecular formula is C10H11N3O. The maximum atomic E-state index is 5.77. The molecule has 0 bridgehead atoms. The molecule has 0 unspecified atom stereocenters. The van der Waals surface area contributed by atoms with Crippen LogP contribution in [0.15, 0.2) is 30.6 Å². The minimum atomic E-state index is 0.612. The Balaban J connectivity index is 2.58. The van der Waals surface area contributed by atoms with Crippen LogP contribution in [0.5, 0.6) is 5.75 Å². The Morgan fingerprint density at radius 1 is 1.43 bits per heavy atom. The van der Waals surface area contributed by atoms with E-state index in [-0.39, 0.29) is 0 Å². The van der Waals surface area contributed by atoms with E-state index < -0.39 is 0 Å². The van der Waals surface area contributed by atoms with Crippen LogP contribution in [-0.4, -0.2) is 17.1 Å². The van der Waals surface area contributed by atoms with Gasteiger partial charge in [-0.05, 0) is 12.1 Å². The van der Waals surface area contributed by atoms with Crippen LogP contribution in [0.3, 0.4) is 0 Å². The highest BCUT2D eigenvalue weighted by Crippen LogP contribution is 2.32. The number of nitrogens with two attached hydrogens (primary N) is 1. The first-order chi connectivity index (χ1) is 6.83. The molecule has 1 aromatic carbocycles. The number of hydrogen-bond acceptors (Lipinski definition) is 3. The second-order valence-corrected chi connectivity index (χ2v) is 2.87. The van der Waals surface area contributed by atoms with Gasteiger partial charge in [0.1, 0.15) is 5.82 Å². The van der Waals surface area contributed by atoms with E-state index in [0.29, 0.717) is 11.4 Å². The number of anilines is 1. The van der Waals surface area contributed by atoms with Gasteiger partial charge in [-0.1, -0.05) is 6.07 Å². The molecule has 0 fully saturated rings. The summed E-state index contributed by atoms with van der Waals surface area (Å²) in [6.45, 7) is 0. The molecule has 0 aliphatic rings. The third-order valence-electron chi connectivity index (χ3n) is 2.00. The first kappa shape index (κ1) is 8.62. The van der Waals surface area contributed by atoms with Crippen LogP contribution in [0.25, 0.3) is 11.4 Å². The Kier molecular flexibility index (Phi) is 2.10. The smallest absolute Gasteiger partial charge is 0.152 e. The molecule has 4 nitrogen and oxygen atoms in total. The van der Waals surface area contributed by atoms with Gasteiger partial charge in [-0.25, -0.2) is 4.98 Å². The van der Waals surface area contributed by atoms with Crippen molar-refractivity contribution in [2.75, 3.05) is 12.8 Å². The highest BCUT2D eigenvalue weighted by atomic mass is 16.5. The van der Waals surface area contributed by atoms with Gasteiger partial charge in [-0.15, -0.1) is 0 Å². The predicted octanol–water partition coefficient (Wildman–Crippen LogP) is 1.67. The maximum Gasteiger partial charge on any atom is 0.152 e. The van der Waals surface area contributed by atoms with Crippen molar-refractivity contribution in [3.63, 3.8) is 0 Å². The van der Waals surface area contributed by atoms with Crippen molar-refractivity contribution in [2.45, 2.75) is 0 Å². The lowest BCUT2D eigenvalue weighted by Gasteiger charge is -2.08. The lowest BCUT2D eigenvalue weighted by molar-refractivity contribution is 0.418. The molecular weight excluding hydrogens is 178 g/mol. The molecule has 2 rings (SSSR count). The van der Waals surface area contributed by atoms with E-state index in [1.165, 1.54) is 0 Å². The van der Waals surface area contributed by atoms with E-state index in [1.807, 2.05) is 12.1 Å². The van der Waals surface area contributed by atoms with E-state index >= 15 is 0 Å². The molecule has 0 radical (unpaired) electrons. The van der Waals surface area contributed by atoms with Crippen LogP contribution in [0.4, 0.5) is 5.69 Å². The fourth-order valence-electron chi connectivity index (χ4n) is 1.38. The molecule has 0 amide bonds. The Hall–Kier alpha value is -1.97. The Morgan fingerprint density at radius 2 is 2.29 bits per heavy atom. The number of aromatic amines is 1. The van der Waals surface area contributed by atoms with Gasteiger partial charge < -0.3 is 15.5 Å². The number of nitrogen functional groups attached to an aromatic ring is 1. The Morgan fingerprint density at radius 3 is 2.93 bits per heavy atom. The molecule has 0 spiro atoms. The third-order valence-corrected chi connectivity index (χ3v) is 2.00. The van der Waals surface area contributed by atoms with Crippen molar-refractivity contribution in [3.05, 3.63) is 30.6 Å². The van der Waals surface area contributed by atoms with Gasteiger partial charge in [-0.3, -0.25) is 0 Å². The number of H-pyrrole nitrogens is 1. The van der Waals surface area contributed by atoms with Crippen molar-refractivity contribution >= 4 is 5.69 Å². The second-order valence-electron chi connectivity index (χ2n) is 2.87. The summed E-state index contributed by atoms with van der Waals surface area (Å²) < 4.78 is 5.21. The molecule has 0 saturated carbocycles. The van der Waals surface area contributed by atoms with Crippen LogP contribution < -0.4 is 10.5 Å². The number of hydrogen-bond donors (Lipinski definition) is 2. The average molecular weight is 189 g/mol. The van der Waals surface area contributed by atoms with Crippen LogP contribution in [0.1, 0.15) is 0 Å². The number of rotatable bonds is 2. The zero-order chi connectivity index (χ0) is 9.97. The summed E-state index contributed by atoms with van der Waals surface area (Å²) in [6.07, 6.45) is 3.45. The van der Waals surface area contributed by atoms with Crippen LogP contribution in [0.2, 0.25) is 0 Å². The molecule has 0 aliphatic carbocycles. The normalized spacial score (nSPS) is 10.1. The zero-order valence-corrected chi connectivity index (χ0v) is 7.82. The SMILES string of the molecule is COc1c(N)cccc1-c1ncc[nH]1. The van der Waals surface area contributed by atoms with Crippen molar-refractivity contribution < 1.29 is 4.74 Å². The van der Waals surface area contributed by atoms with Crippen molar-refractivity contribution in [2.24, 2.45) is 0 Å². The highest BCUT2D eigenvalue weighted by Gasteiger charge is 2.09. The summed E-state index contributed by atoms with van der Waals surface area (Å²) in [7, 11) is 1.60. The van der Waals surface area contributed by atoms with Crippen LogP contribution >= 0.6 is 0 Å². The maximum absolute atomic E-state index is 5.77. The largest absolute Gasteiger partial charge is 0.494 e. The molecule has 0 saturated heterocycles. The summed E-state index contributed by atoms with van der Waals surface area (Å²) in [6, 6.07) is 5.58. The number of methoxy groups -OCH3 is 1. The monoisotopic (exact) mass is 189 g/mol. The van der Waals surface area contributed by atoms with Gasteiger partial charge in [0.25, 0.3) is 0 Å².